The molecule has 0 heterocycles. The van der Waals surface area contributed by atoms with Gasteiger partial charge in [0.25, 0.3) is 5.91 Å². The minimum Gasteiger partial charge on any atom is -0.497 e. The zero-order chi connectivity index (χ0) is 19.8. The Hall–Kier alpha value is -3.02. The molecule has 0 aliphatic rings. The summed E-state index contributed by atoms with van der Waals surface area (Å²) in [5, 5.41) is 2.78. The largest absolute Gasteiger partial charge is 0.497 e. The highest BCUT2D eigenvalue weighted by molar-refractivity contribution is 5.94. The van der Waals surface area contributed by atoms with Crippen LogP contribution in [0.1, 0.15) is 28.4 Å². The number of nitrogens with one attached hydrogen (secondary N) is 1. The first-order valence-electron chi connectivity index (χ1n) is 8.71. The molecule has 2 aromatic carbocycles. The van der Waals surface area contributed by atoms with Crippen LogP contribution >= 0.6 is 0 Å². The first kappa shape index (κ1) is 20.3. The van der Waals surface area contributed by atoms with Gasteiger partial charge in [0.05, 0.1) is 14.2 Å². The fourth-order valence-corrected chi connectivity index (χ4v) is 2.52. The van der Waals surface area contributed by atoms with E-state index in [1.165, 1.54) is 7.11 Å². The summed E-state index contributed by atoms with van der Waals surface area (Å²) in [7, 11) is 3.10. The molecule has 0 spiro atoms. The van der Waals surface area contributed by atoms with E-state index in [4.69, 9.17) is 14.2 Å². The van der Waals surface area contributed by atoms with Gasteiger partial charge in [0.1, 0.15) is 17.1 Å². The van der Waals surface area contributed by atoms with Crippen molar-refractivity contribution in [2.24, 2.45) is 0 Å². The number of hydrogen-bond acceptors (Lipinski definition) is 5. The van der Waals surface area contributed by atoms with Crippen LogP contribution in [0.3, 0.4) is 0 Å². The van der Waals surface area contributed by atoms with Gasteiger partial charge in [0, 0.05) is 6.54 Å². The summed E-state index contributed by atoms with van der Waals surface area (Å²) in [6.07, 6.45) is -0.235. The van der Waals surface area contributed by atoms with Crippen molar-refractivity contribution in [3.63, 3.8) is 0 Å². The highest BCUT2D eigenvalue weighted by atomic mass is 16.5. The van der Waals surface area contributed by atoms with Crippen molar-refractivity contribution in [1.82, 2.24) is 5.32 Å². The minimum atomic E-state index is -0.904. The summed E-state index contributed by atoms with van der Waals surface area (Å²) >= 11 is 0. The molecule has 1 atom stereocenters. The number of aryl methyl sites for hydroxylation is 1. The number of methoxy groups -OCH3 is 2. The van der Waals surface area contributed by atoms with Gasteiger partial charge in [-0.15, -0.1) is 0 Å². The molecule has 0 saturated heterocycles. The predicted molar refractivity (Wildman–Crippen MR) is 102 cm³/mol. The molecule has 0 saturated carbocycles. The van der Waals surface area contributed by atoms with E-state index in [-0.39, 0.29) is 5.91 Å². The number of carbonyl (C=O) groups is 2. The molecule has 6 heteroatoms. The van der Waals surface area contributed by atoms with E-state index in [1.807, 2.05) is 37.3 Å². The second-order valence-electron chi connectivity index (χ2n) is 6.14. The fourth-order valence-electron chi connectivity index (χ4n) is 2.52. The normalized spacial score (nSPS) is 11.4. The van der Waals surface area contributed by atoms with E-state index in [0.29, 0.717) is 24.3 Å². The monoisotopic (exact) mass is 371 g/mol. The molecule has 2 rings (SSSR count). The van der Waals surface area contributed by atoms with Gasteiger partial charge in [0.15, 0.2) is 6.10 Å². The van der Waals surface area contributed by atoms with E-state index in [9.17, 15) is 9.59 Å². The molecule has 0 aliphatic heterocycles. The number of ether oxygens (including phenoxy) is 3. The van der Waals surface area contributed by atoms with Crippen molar-refractivity contribution in [3.8, 4) is 11.5 Å². The van der Waals surface area contributed by atoms with Crippen molar-refractivity contribution >= 4 is 11.9 Å². The van der Waals surface area contributed by atoms with Gasteiger partial charge in [-0.1, -0.05) is 23.8 Å². The van der Waals surface area contributed by atoms with E-state index >= 15 is 0 Å². The SMILES string of the molecule is COc1ccc(CCNC(=O)[C@H](C)OC(=O)c2cc(C)ccc2OC)cc1. The van der Waals surface area contributed by atoms with E-state index in [0.717, 1.165) is 16.9 Å². The van der Waals surface area contributed by atoms with Gasteiger partial charge >= 0.3 is 5.97 Å². The Bertz CT molecular complexity index is 786. The molecule has 0 unspecified atom stereocenters. The number of hydrogen-bond donors (Lipinski definition) is 1. The van der Waals surface area contributed by atoms with Crippen LogP contribution in [0, 0.1) is 6.92 Å². The number of benzene rings is 2. The molecule has 1 amide bonds. The Morgan fingerprint density at radius 1 is 1.04 bits per heavy atom. The van der Waals surface area contributed by atoms with Crippen LogP contribution in [0.5, 0.6) is 11.5 Å². The lowest BCUT2D eigenvalue weighted by Gasteiger charge is -2.15. The Morgan fingerprint density at radius 2 is 1.74 bits per heavy atom. The third-order valence-corrected chi connectivity index (χ3v) is 4.10. The van der Waals surface area contributed by atoms with Crippen LogP contribution in [0.2, 0.25) is 0 Å². The van der Waals surface area contributed by atoms with Gasteiger partial charge in [0.2, 0.25) is 0 Å². The minimum absolute atomic E-state index is 0.301. The zero-order valence-electron chi connectivity index (χ0n) is 16.1. The van der Waals surface area contributed by atoms with Crippen LogP contribution in [0.4, 0.5) is 0 Å². The summed E-state index contributed by atoms with van der Waals surface area (Å²) in [4.78, 5) is 24.5. The van der Waals surface area contributed by atoms with E-state index < -0.39 is 12.1 Å². The summed E-state index contributed by atoms with van der Waals surface area (Å²) in [6.45, 7) is 3.86. The van der Waals surface area contributed by atoms with Crippen molar-refractivity contribution in [2.45, 2.75) is 26.4 Å². The first-order chi connectivity index (χ1) is 12.9. The van der Waals surface area contributed by atoms with Crippen LogP contribution in [0.25, 0.3) is 0 Å². The maximum atomic E-state index is 12.4. The smallest absolute Gasteiger partial charge is 0.342 e. The molecule has 6 nitrogen and oxygen atoms in total. The van der Waals surface area contributed by atoms with Crippen LogP contribution in [-0.4, -0.2) is 38.7 Å². The second-order valence-corrected chi connectivity index (χ2v) is 6.14. The van der Waals surface area contributed by atoms with Crippen molar-refractivity contribution < 1.29 is 23.8 Å². The molecule has 1 N–H and O–H groups in total. The Balaban J connectivity index is 1.85. The number of esters is 1. The van der Waals surface area contributed by atoms with Crippen molar-refractivity contribution in [3.05, 3.63) is 59.2 Å². The lowest BCUT2D eigenvalue weighted by atomic mass is 10.1. The molecule has 2 aromatic rings. The highest BCUT2D eigenvalue weighted by Crippen LogP contribution is 2.21. The third kappa shape index (κ3) is 5.74. The van der Waals surface area contributed by atoms with Gasteiger partial charge in [-0.05, 0) is 50.1 Å². The molecule has 0 aliphatic carbocycles. The van der Waals surface area contributed by atoms with Crippen molar-refractivity contribution in [1.29, 1.82) is 0 Å². The molecular formula is C21H25NO5. The average Bonchev–Trinajstić information content (AvgIpc) is 2.68. The quantitative estimate of drug-likeness (QED) is 0.722. The first-order valence-corrected chi connectivity index (χ1v) is 8.71. The second kappa shape index (κ2) is 9.62. The van der Waals surface area contributed by atoms with Gasteiger partial charge in [-0.3, -0.25) is 4.79 Å². The predicted octanol–water partition coefficient (Wildman–Crippen LogP) is 2.92. The Kier molecular flexibility index (Phi) is 7.23. The van der Waals surface area contributed by atoms with Crippen LogP contribution in [-0.2, 0) is 16.0 Å². The number of amides is 1. The lowest BCUT2D eigenvalue weighted by Crippen LogP contribution is -2.37. The standard InChI is InChI=1S/C21H25NO5/c1-14-5-10-19(26-4)18(13-14)21(24)27-15(2)20(23)22-12-11-16-6-8-17(25-3)9-7-16/h5-10,13,15H,11-12H2,1-4H3,(H,22,23)/t15-/m0/s1. The van der Waals surface area contributed by atoms with E-state index in [1.54, 1.807) is 26.2 Å². The molecule has 27 heavy (non-hydrogen) atoms. The number of carbonyl (C=O) groups excluding carboxylic acids is 2. The van der Waals surface area contributed by atoms with Crippen molar-refractivity contribution in [2.75, 3.05) is 20.8 Å². The molecule has 0 bridgehead atoms. The fraction of sp³-hybridized carbons (Fsp3) is 0.333. The molecule has 0 aromatic heterocycles. The zero-order valence-corrected chi connectivity index (χ0v) is 16.1. The highest BCUT2D eigenvalue weighted by Gasteiger charge is 2.21. The molecular weight excluding hydrogens is 346 g/mol. The lowest BCUT2D eigenvalue weighted by molar-refractivity contribution is -0.129. The van der Waals surface area contributed by atoms with Crippen LogP contribution in [0.15, 0.2) is 42.5 Å². The summed E-state index contributed by atoms with van der Waals surface area (Å²) in [5.41, 5.74) is 2.28. The third-order valence-electron chi connectivity index (χ3n) is 4.10. The summed E-state index contributed by atoms with van der Waals surface area (Å²) < 4.78 is 15.6. The Labute approximate surface area is 159 Å². The van der Waals surface area contributed by atoms with Gasteiger partial charge in [-0.2, -0.15) is 0 Å². The van der Waals surface area contributed by atoms with Gasteiger partial charge in [-0.25, -0.2) is 4.79 Å². The summed E-state index contributed by atoms with van der Waals surface area (Å²) in [5.74, 6) is 0.268. The van der Waals surface area contributed by atoms with Gasteiger partial charge < -0.3 is 19.5 Å². The molecule has 0 radical (unpaired) electrons. The Morgan fingerprint density at radius 3 is 2.37 bits per heavy atom. The molecule has 144 valence electrons. The maximum Gasteiger partial charge on any atom is 0.342 e. The summed E-state index contributed by atoms with van der Waals surface area (Å²) in [6, 6.07) is 12.8. The molecule has 0 fully saturated rings. The average molecular weight is 371 g/mol. The number of rotatable bonds is 8. The maximum absolute atomic E-state index is 12.4. The topological polar surface area (TPSA) is 73.9 Å². The van der Waals surface area contributed by atoms with E-state index in [2.05, 4.69) is 5.32 Å². The van der Waals surface area contributed by atoms with Crippen LogP contribution < -0.4 is 14.8 Å².